The molecule has 1 aromatic heterocycles. The molecule has 0 aliphatic rings. The van der Waals surface area contributed by atoms with Crippen molar-refractivity contribution >= 4 is 11.9 Å². The number of ether oxygens (including phenoxy) is 3. The molecule has 1 atom stereocenters. The topological polar surface area (TPSA) is 103 Å². The first kappa shape index (κ1) is 18.9. The minimum Gasteiger partial charge on any atom is -0.462 e. The van der Waals surface area contributed by atoms with Gasteiger partial charge in [-0.05, 0) is 6.92 Å². The smallest absolute Gasteiger partial charge is 0.329 e. The molecular weight excluding hydrogens is 302 g/mol. The van der Waals surface area contributed by atoms with Gasteiger partial charge in [-0.15, -0.1) is 0 Å². The first-order valence-corrected chi connectivity index (χ1v) is 7.22. The summed E-state index contributed by atoms with van der Waals surface area (Å²) >= 11 is 0. The third-order valence-electron chi connectivity index (χ3n) is 2.85. The normalized spacial score (nSPS) is 11.7. The van der Waals surface area contributed by atoms with Crippen LogP contribution in [0.25, 0.3) is 0 Å². The van der Waals surface area contributed by atoms with Crippen molar-refractivity contribution in [1.29, 1.82) is 0 Å². The zero-order chi connectivity index (χ0) is 17.1. The van der Waals surface area contributed by atoms with E-state index in [4.69, 9.17) is 14.2 Å². The van der Waals surface area contributed by atoms with Crippen molar-refractivity contribution in [2.45, 2.75) is 19.4 Å². The molecule has 2 N–H and O–H groups in total. The largest absolute Gasteiger partial charge is 0.462 e. The number of aromatic nitrogens is 2. The van der Waals surface area contributed by atoms with Gasteiger partial charge in [-0.3, -0.25) is 4.79 Å². The number of hydrogen-bond donors (Lipinski definition) is 2. The Morgan fingerprint density at radius 1 is 1.35 bits per heavy atom. The lowest BCUT2D eigenvalue weighted by atomic mass is 10.1. The minimum absolute atomic E-state index is 0.0998. The molecule has 0 radical (unpaired) electrons. The summed E-state index contributed by atoms with van der Waals surface area (Å²) in [6, 6.07) is -0.832. The highest BCUT2D eigenvalue weighted by Crippen LogP contribution is 2.02. The zero-order valence-electron chi connectivity index (χ0n) is 13.5. The quantitative estimate of drug-likeness (QED) is 0.343. The third kappa shape index (κ3) is 7.57. The Morgan fingerprint density at radius 3 is 2.70 bits per heavy atom. The van der Waals surface area contributed by atoms with Gasteiger partial charge in [0.05, 0.1) is 31.8 Å². The van der Waals surface area contributed by atoms with Crippen LogP contribution in [0.2, 0.25) is 0 Å². The number of carbonyl (C=O) groups excluding carboxylic acids is 2. The van der Waals surface area contributed by atoms with E-state index in [0.29, 0.717) is 24.5 Å². The van der Waals surface area contributed by atoms with Crippen LogP contribution in [-0.2, 0) is 30.2 Å². The molecule has 0 bridgehead atoms. The van der Waals surface area contributed by atoms with E-state index in [1.807, 2.05) is 0 Å². The number of rotatable bonds is 11. The second kappa shape index (κ2) is 10.5. The first-order chi connectivity index (χ1) is 11.0. The maximum atomic E-state index is 12.1. The average molecular weight is 325 g/mol. The fraction of sp³-hybridized carbons (Fsp3) is 0.533. The molecule has 0 spiro atoms. The number of carbonyl (C=O) groups is 2. The van der Waals surface area contributed by atoms with Crippen LogP contribution in [0.1, 0.15) is 12.6 Å². The third-order valence-corrected chi connectivity index (χ3v) is 2.85. The van der Waals surface area contributed by atoms with E-state index >= 15 is 0 Å². The molecule has 128 valence electrons. The van der Waals surface area contributed by atoms with Crippen LogP contribution in [0, 0.1) is 0 Å². The molecule has 0 saturated carbocycles. The number of hydrogen-bond acceptors (Lipinski definition) is 6. The predicted octanol–water partition coefficient (Wildman–Crippen LogP) is 0.219. The van der Waals surface area contributed by atoms with Crippen molar-refractivity contribution in [2.75, 3.05) is 33.5 Å². The lowest BCUT2D eigenvalue weighted by molar-refractivity contribution is -0.149. The van der Waals surface area contributed by atoms with E-state index in [1.54, 1.807) is 20.2 Å². The molecule has 0 aromatic carbocycles. The Labute approximate surface area is 135 Å². The average Bonchev–Trinajstić information content (AvgIpc) is 3.02. The zero-order valence-corrected chi connectivity index (χ0v) is 13.5. The van der Waals surface area contributed by atoms with Gasteiger partial charge >= 0.3 is 5.97 Å². The molecule has 8 nitrogen and oxygen atoms in total. The van der Waals surface area contributed by atoms with Gasteiger partial charge in [0.1, 0.15) is 12.6 Å². The summed E-state index contributed by atoms with van der Waals surface area (Å²) in [4.78, 5) is 30.7. The van der Waals surface area contributed by atoms with Crippen molar-refractivity contribution in [3.63, 3.8) is 0 Å². The van der Waals surface area contributed by atoms with Crippen LogP contribution < -0.4 is 5.32 Å². The van der Waals surface area contributed by atoms with E-state index in [2.05, 4.69) is 21.9 Å². The second-order valence-electron chi connectivity index (χ2n) is 4.84. The van der Waals surface area contributed by atoms with Gasteiger partial charge in [0, 0.05) is 25.3 Å². The van der Waals surface area contributed by atoms with Gasteiger partial charge in [-0.1, -0.05) is 6.58 Å². The van der Waals surface area contributed by atoms with Crippen LogP contribution in [-0.4, -0.2) is 61.4 Å². The van der Waals surface area contributed by atoms with Gasteiger partial charge in [0.25, 0.3) is 0 Å². The molecule has 0 aliphatic heterocycles. The van der Waals surface area contributed by atoms with Crippen molar-refractivity contribution < 1.29 is 23.8 Å². The van der Waals surface area contributed by atoms with Gasteiger partial charge in [0.2, 0.25) is 5.91 Å². The van der Waals surface area contributed by atoms with E-state index in [-0.39, 0.29) is 19.6 Å². The Balaban J connectivity index is 2.47. The molecule has 0 aliphatic carbocycles. The Morgan fingerprint density at radius 2 is 2.09 bits per heavy atom. The molecule has 0 fully saturated rings. The van der Waals surface area contributed by atoms with E-state index < -0.39 is 17.9 Å². The summed E-state index contributed by atoms with van der Waals surface area (Å²) in [5, 5.41) is 2.59. The first-order valence-electron chi connectivity index (χ1n) is 7.22. The molecule has 0 saturated heterocycles. The molecule has 1 heterocycles. The molecule has 1 unspecified atom stereocenters. The predicted molar refractivity (Wildman–Crippen MR) is 82.7 cm³/mol. The monoisotopic (exact) mass is 325 g/mol. The fourth-order valence-corrected chi connectivity index (χ4v) is 1.63. The summed E-state index contributed by atoms with van der Waals surface area (Å²) in [6.07, 6.45) is 3.38. The van der Waals surface area contributed by atoms with Gasteiger partial charge < -0.3 is 24.5 Å². The SMILES string of the molecule is C=C(C)C(=O)NC(Cc1c[nH]cn1)C(=O)OCCOCCOC. The van der Waals surface area contributed by atoms with E-state index in [0.717, 1.165) is 0 Å². The van der Waals surface area contributed by atoms with Crippen LogP contribution in [0.5, 0.6) is 0 Å². The Bertz CT molecular complexity index is 501. The van der Waals surface area contributed by atoms with Crippen LogP contribution >= 0.6 is 0 Å². The van der Waals surface area contributed by atoms with Crippen LogP contribution in [0.3, 0.4) is 0 Å². The number of aromatic amines is 1. The number of esters is 1. The fourth-order valence-electron chi connectivity index (χ4n) is 1.63. The lowest BCUT2D eigenvalue weighted by Gasteiger charge is -2.17. The molecule has 8 heteroatoms. The molecule has 1 rings (SSSR count). The van der Waals surface area contributed by atoms with E-state index in [9.17, 15) is 9.59 Å². The maximum absolute atomic E-state index is 12.1. The summed E-state index contributed by atoms with van der Waals surface area (Å²) < 4.78 is 15.2. The van der Waals surface area contributed by atoms with Crippen molar-refractivity contribution in [3.05, 3.63) is 30.4 Å². The molecular formula is C15H23N3O5. The Kier molecular flexibility index (Phi) is 8.63. The van der Waals surface area contributed by atoms with Crippen LogP contribution in [0.15, 0.2) is 24.7 Å². The molecule has 1 amide bonds. The number of methoxy groups -OCH3 is 1. The number of nitrogens with one attached hydrogen (secondary N) is 2. The maximum Gasteiger partial charge on any atom is 0.329 e. The summed E-state index contributed by atoms with van der Waals surface area (Å²) in [5.41, 5.74) is 0.957. The van der Waals surface area contributed by atoms with Crippen LogP contribution in [0.4, 0.5) is 0 Å². The Hall–Kier alpha value is -2.19. The number of amides is 1. The summed E-state index contributed by atoms with van der Waals surface area (Å²) in [6.45, 7) is 6.38. The lowest BCUT2D eigenvalue weighted by Crippen LogP contribution is -2.44. The van der Waals surface area contributed by atoms with Crippen molar-refractivity contribution in [2.24, 2.45) is 0 Å². The second-order valence-corrected chi connectivity index (χ2v) is 4.84. The minimum atomic E-state index is -0.832. The molecule has 23 heavy (non-hydrogen) atoms. The summed E-state index contributed by atoms with van der Waals surface area (Å²) in [7, 11) is 1.58. The van der Waals surface area contributed by atoms with Crippen molar-refractivity contribution in [1.82, 2.24) is 15.3 Å². The highest BCUT2D eigenvalue weighted by Gasteiger charge is 2.23. The highest BCUT2D eigenvalue weighted by atomic mass is 16.6. The molecule has 1 aromatic rings. The van der Waals surface area contributed by atoms with Gasteiger partial charge in [-0.25, -0.2) is 9.78 Å². The highest BCUT2D eigenvalue weighted by molar-refractivity contribution is 5.95. The van der Waals surface area contributed by atoms with Gasteiger partial charge in [-0.2, -0.15) is 0 Å². The number of nitrogens with zero attached hydrogens (tertiary/aromatic N) is 1. The summed E-state index contributed by atoms with van der Waals surface area (Å²) in [5.74, 6) is -0.947. The number of imidazole rings is 1. The van der Waals surface area contributed by atoms with E-state index in [1.165, 1.54) is 6.33 Å². The standard InChI is InChI=1S/C15H23N3O5/c1-11(2)14(19)18-13(8-12-9-16-10-17-12)15(20)23-7-6-22-5-4-21-3/h9-10,13H,1,4-8H2,2-3H3,(H,16,17)(H,18,19). The van der Waals surface area contributed by atoms with Crippen molar-refractivity contribution in [3.8, 4) is 0 Å². The van der Waals surface area contributed by atoms with Gasteiger partial charge in [0.15, 0.2) is 0 Å². The number of H-pyrrole nitrogens is 1.